The number of nitrogens with one attached hydrogen (secondary N) is 1. The van der Waals surface area contributed by atoms with E-state index in [1.165, 1.54) is 0 Å². The molecule has 0 aromatic carbocycles. The van der Waals surface area contributed by atoms with Gasteiger partial charge < -0.3 is 14.5 Å². The third-order valence-corrected chi connectivity index (χ3v) is 4.00. The Morgan fingerprint density at radius 1 is 1.38 bits per heavy atom. The molecular formula is C18H21N5O. The quantitative estimate of drug-likeness (QED) is 0.757. The van der Waals surface area contributed by atoms with E-state index in [1.54, 1.807) is 23.6 Å². The van der Waals surface area contributed by atoms with Crippen LogP contribution < -0.4 is 0 Å². The molecule has 0 bridgehead atoms. The molecule has 3 rings (SSSR count). The van der Waals surface area contributed by atoms with Crippen molar-refractivity contribution in [3.8, 4) is 0 Å². The van der Waals surface area contributed by atoms with Crippen LogP contribution >= 0.6 is 0 Å². The molecule has 0 aliphatic carbocycles. The summed E-state index contributed by atoms with van der Waals surface area (Å²) >= 11 is 0. The highest BCUT2D eigenvalue weighted by Gasteiger charge is 2.24. The lowest BCUT2D eigenvalue weighted by atomic mass is 10.1. The smallest absolute Gasteiger partial charge is 0.246 e. The zero-order valence-electron chi connectivity index (χ0n) is 13.9. The summed E-state index contributed by atoms with van der Waals surface area (Å²) < 4.78 is 1.94. The first-order valence-corrected chi connectivity index (χ1v) is 7.89. The summed E-state index contributed by atoms with van der Waals surface area (Å²) in [7, 11) is 1.83. The predicted octanol–water partition coefficient (Wildman–Crippen LogP) is 2.36. The molecule has 6 nitrogen and oxygen atoms in total. The Morgan fingerprint density at radius 2 is 2.17 bits per heavy atom. The number of aryl methyl sites for hydroxylation is 1. The summed E-state index contributed by atoms with van der Waals surface area (Å²) in [6.07, 6.45) is 9.59. The number of aromatic nitrogens is 4. The van der Waals surface area contributed by atoms with E-state index in [1.807, 2.05) is 55.2 Å². The minimum Gasteiger partial charge on any atom is -0.348 e. The Bertz CT molecular complexity index is 780. The summed E-state index contributed by atoms with van der Waals surface area (Å²) in [6.45, 7) is 2.51. The van der Waals surface area contributed by atoms with Gasteiger partial charge in [0.25, 0.3) is 0 Å². The van der Waals surface area contributed by atoms with Gasteiger partial charge in [0.15, 0.2) is 0 Å². The molecule has 0 saturated carbocycles. The number of H-pyrrole nitrogens is 1. The van der Waals surface area contributed by atoms with Crippen molar-refractivity contribution in [1.82, 2.24) is 24.4 Å². The van der Waals surface area contributed by atoms with Crippen LogP contribution in [-0.4, -0.2) is 37.4 Å². The minimum atomic E-state index is -0.298. The van der Waals surface area contributed by atoms with Gasteiger partial charge in [0.1, 0.15) is 6.04 Å². The monoisotopic (exact) mass is 323 g/mol. The van der Waals surface area contributed by atoms with Gasteiger partial charge in [0.05, 0.1) is 6.33 Å². The molecular weight excluding hydrogens is 302 g/mol. The van der Waals surface area contributed by atoms with Crippen LogP contribution in [0.15, 0.2) is 55.4 Å². The molecule has 0 aliphatic heterocycles. The fourth-order valence-corrected chi connectivity index (χ4v) is 2.79. The van der Waals surface area contributed by atoms with Crippen molar-refractivity contribution in [1.29, 1.82) is 0 Å². The van der Waals surface area contributed by atoms with Crippen LogP contribution in [0.2, 0.25) is 0 Å². The van der Waals surface area contributed by atoms with Crippen LogP contribution in [0.25, 0.3) is 0 Å². The molecule has 3 aromatic rings. The number of rotatable bonds is 6. The van der Waals surface area contributed by atoms with Crippen molar-refractivity contribution in [2.24, 2.45) is 0 Å². The van der Waals surface area contributed by atoms with Crippen molar-refractivity contribution >= 4 is 5.91 Å². The zero-order chi connectivity index (χ0) is 16.9. The predicted molar refractivity (Wildman–Crippen MR) is 91.2 cm³/mol. The molecule has 0 fully saturated rings. The SMILES string of the molecule is Cc1cc(CN(C)C(=O)C(Cc2cnc[nH]2)n2cccc2)ccn1. The summed E-state index contributed by atoms with van der Waals surface area (Å²) in [5, 5.41) is 0. The van der Waals surface area contributed by atoms with E-state index in [0.717, 1.165) is 17.0 Å². The van der Waals surface area contributed by atoms with E-state index >= 15 is 0 Å². The van der Waals surface area contributed by atoms with Crippen LogP contribution in [0.3, 0.4) is 0 Å². The van der Waals surface area contributed by atoms with E-state index in [-0.39, 0.29) is 11.9 Å². The van der Waals surface area contributed by atoms with Gasteiger partial charge in [0.2, 0.25) is 5.91 Å². The Kier molecular flexibility index (Phi) is 4.74. The second-order valence-electron chi connectivity index (χ2n) is 5.93. The third kappa shape index (κ3) is 3.71. The van der Waals surface area contributed by atoms with Gasteiger partial charge >= 0.3 is 0 Å². The molecule has 0 saturated heterocycles. The van der Waals surface area contributed by atoms with Gasteiger partial charge in [-0.05, 0) is 36.8 Å². The molecule has 1 unspecified atom stereocenters. The molecule has 1 N–H and O–H groups in total. The molecule has 3 heterocycles. The maximum Gasteiger partial charge on any atom is 0.246 e. The van der Waals surface area contributed by atoms with Crippen molar-refractivity contribution in [2.45, 2.75) is 25.9 Å². The number of hydrogen-bond acceptors (Lipinski definition) is 3. The first-order valence-electron chi connectivity index (χ1n) is 7.89. The number of hydrogen-bond donors (Lipinski definition) is 1. The maximum atomic E-state index is 13.0. The summed E-state index contributed by atoms with van der Waals surface area (Å²) in [6, 6.07) is 7.51. The van der Waals surface area contributed by atoms with Gasteiger partial charge in [-0.25, -0.2) is 4.98 Å². The molecule has 1 amide bonds. The van der Waals surface area contributed by atoms with E-state index in [4.69, 9.17) is 0 Å². The standard InChI is InChI=1S/C18H21N5O/c1-14-9-15(5-6-20-14)12-22(2)18(24)17(23-7-3-4-8-23)10-16-11-19-13-21-16/h3-9,11,13,17H,10,12H2,1-2H3,(H,19,21). The molecule has 1 atom stereocenters. The molecule has 124 valence electrons. The highest BCUT2D eigenvalue weighted by atomic mass is 16.2. The number of imidazole rings is 1. The Balaban J connectivity index is 1.77. The number of carbonyl (C=O) groups is 1. The van der Waals surface area contributed by atoms with Gasteiger partial charge in [-0.15, -0.1) is 0 Å². The molecule has 0 radical (unpaired) electrons. The van der Waals surface area contributed by atoms with E-state index in [9.17, 15) is 4.79 Å². The highest BCUT2D eigenvalue weighted by molar-refractivity contribution is 5.80. The summed E-state index contributed by atoms with van der Waals surface area (Å²) in [4.78, 5) is 26.1. The van der Waals surface area contributed by atoms with E-state index in [2.05, 4.69) is 15.0 Å². The topological polar surface area (TPSA) is 66.8 Å². The lowest BCUT2D eigenvalue weighted by Gasteiger charge is -2.25. The van der Waals surface area contributed by atoms with Crippen LogP contribution in [0, 0.1) is 6.92 Å². The minimum absolute atomic E-state index is 0.0651. The molecule has 24 heavy (non-hydrogen) atoms. The Labute approximate surface area is 141 Å². The van der Waals surface area contributed by atoms with Crippen molar-refractivity contribution < 1.29 is 4.79 Å². The Hall–Kier alpha value is -2.89. The number of likely N-dealkylation sites (N-methyl/N-ethyl adjacent to an activating group) is 1. The molecule has 6 heteroatoms. The Morgan fingerprint density at radius 3 is 2.83 bits per heavy atom. The highest BCUT2D eigenvalue weighted by Crippen LogP contribution is 2.17. The van der Waals surface area contributed by atoms with Gasteiger partial charge in [-0.2, -0.15) is 0 Å². The van der Waals surface area contributed by atoms with Crippen LogP contribution in [0.4, 0.5) is 0 Å². The number of pyridine rings is 1. The van der Waals surface area contributed by atoms with Crippen molar-refractivity contribution in [3.63, 3.8) is 0 Å². The lowest BCUT2D eigenvalue weighted by molar-refractivity contribution is -0.134. The van der Waals surface area contributed by atoms with Crippen LogP contribution in [-0.2, 0) is 17.8 Å². The second kappa shape index (κ2) is 7.12. The maximum absolute atomic E-state index is 13.0. The number of nitrogens with zero attached hydrogens (tertiary/aromatic N) is 4. The van der Waals surface area contributed by atoms with E-state index < -0.39 is 0 Å². The van der Waals surface area contributed by atoms with Crippen LogP contribution in [0.1, 0.15) is 23.0 Å². The number of aromatic amines is 1. The normalized spacial score (nSPS) is 12.1. The fraction of sp³-hybridized carbons (Fsp3) is 0.278. The van der Waals surface area contributed by atoms with Gasteiger partial charge in [0, 0.05) is 56.2 Å². The van der Waals surface area contributed by atoms with Gasteiger partial charge in [-0.1, -0.05) is 0 Å². The van der Waals surface area contributed by atoms with Gasteiger partial charge in [-0.3, -0.25) is 9.78 Å². The van der Waals surface area contributed by atoms with Crippen LogP contribution in [0.5, 0.6) is 0 Å². The first-order chi connectivity index (χ1) is 11.6. The number of amides is 1. The summed E-state index contributed by atoms with van der Waals surface area (Å²) in [5.41, 5.74) is 2.97. The van der Waals surface area contributed by atoms with E-state index in [0.29, 0.717) is 13.0 Å². The largest absolute Gasteiger partial charge is 0.348 e. The number of carbonyl (C=O) groups excluding carboxylic acids is 1. The zero-order valence-corrected chi connectivity index (χ0v) is 13.9. The molecule has 0 spiro atoms. The second-order valence-corrected chi connectivity index (χ2v) is 5.93. The average Bonchev–Trinajstić information content (AvgIpc) is 3.25. The first kappa shape index (κ1) is 16.0. The van der Waals surface area contributed by atoms with Crippen molar-refractivity contribution in [3.05, 3.63) is 72.3 Å². The fourth-order valence-electron chi connectivity index (χ4n) is 2.79. The molecule has 0 aliphatic rings. The molecule has 3 aromatic heterocycles. The third-order valence-electron chi connectivity index (χ3n) is 4.00. The lowest BCUT2D eigenvalue weighted by Crippen LogP contribution is -2.35. The average molecular weight is 323 g/mol. The summed E-state index contributed by atoms with van der Waals surface area (Å²) in [5.74, 6) is 0.0651. The van der Waals surface area contributed by atoms with Crippen molar-refractivity contribution in [2.75, 3.05) is 7.05 Å².